The molecule has 40 heavy (non-hydrogen) atoms. The summed E-state index contributed by atoms with van der Waals surface area (Å²) >= 11 is 0. The van der Waals surface area contributed by atoms with E-state index in [0.717, 1.165) is 29.7 Å². The Morgan fingerprint density at radius 1 is 1.12 bits per heavy atom. The molecule has 204 valence electrons. The zero-order chi connectivity index (χ0) is 27.8. The molecular weight excluding hydrogens is 509 g/mol. The molecule has 3 aromatic carbocycles. The van der Waals surface area contributed by atoms with Crippen molar-refractivity contribution in [2.75, 3.05) is 13.1 Å². The van der Waals surface area contributed by atoms with Gasteiger partial charge in [0.25, 0.3) is 0 Å². The quantitative estimate of drug-likeness (QED) is 0.344. The highest BCUT2D eigenvalue weighted by molar-refractivity contribution is 5.97. The summed E-state index contributed by atoms with van der Waals surface area (Å²) in [5, 5.41) is 13.2. The van der Waals surface area contributed by atoms with Crippen molar-refractivity contribution in [1.29, 1.82) is 0 Å². The van der Waals surface area contributed by atoms with Crippen LogP contribution in [0.3, 0.4) is 0 Å². The third-order valence-electron chi connectivity index (χ3n) is 7.77. The maximum absolute atomic E-state index is 15.6. The minimum Gasteiger partial charge on any atom is -0.392 e. The number of rotatable bonds is 6. The van der Waals surface area contributed by atoms with E-state index >= 15 is 4.39 Å². The van der Waals surface area contributed by atoms with Crippen LogP contribution in [0.1, 0.15) is 56.6 Å². The van der Waals surface area contributed by atoms with Gasteiger partial charge in [0, 0.05) is 55.5 Å². The molecule has 0 saturated carbocycles. The van der Waals surface area contributed by atoms with Crippen LogP contribution in [-0.2, 0) is 13.1 Å². The lowest BCUT2D eigenvalue weighted by Gasteiger charge is -2.19. The normalized spacial score (nSPS) is 19.4. The molecule has 9 heteroatoms. The predicted octanol–water partition coefficient (Wildman–Crippen LogP) is 3.76. The molecule has 3 heterocycles. The van der Waals surface area contributed by atoms with Crippen molar-refractivity contribution in [3.63, 3.8) is 0 Å². The highest BCUT2D eigenvalue weighted by atomic mass is 19.1. The van der Waals surface area contributed by atoms with E-state index in [1.54, 1.807) is 41.2 Å². The number of fused-ring (bicyclic) bond motifs is 1. The Balaban J connectivity index is 1.24. The van der Waals surface area contributed by atoms with Crippen molar-refractivity contribution in [3.05, 3.63) is 107 Å². The summed E-state index contributed by atoms with van der Waals surface area (Å²) in [6, 6.07) is 19.3. The molecule has 1 fully saturated rings. The van der Waals surface area contributed by atoms with Gasteiger partial charge in [-0.3, -0.25) is 19.1 Å². The van der Waals surface area contributed by atoms with E-state index in [0.29, 0.717) is 47.8 Å². The van der Waals surface area contributed by atoms with Crippen LogP contribution in [0.15, 0.2) is 73.1 Å². The smallest absolute Gasteiger partial charge is 0.248 e. The molecule has 0 bridgehead atoms. The molecule has 8 nitrogen and oxygen atoms in total. The van der Waals surface area contributed by atoms with Gasteiger partial charge in [0.2, 0.25) is 5.91 Å². The number of nitrogens with one attached hydrogen (secondary N) is 1. The Labute approximate surface area is 231 Å². The monoisotopic (exact) mass is 539 g/mol. The number of ketones is 1. The number of β-amino-alcohol motifs (C(OH)–C–C–N with tert-alkyl or cyclic N) is 1. The van der Waals surface area contributed by atoms with Crippen molar-refractivity contribution >= 4 is 11.7 Å². The van der Waals surface area contributed by atoms with Gasteiger partial charge in [-0.05, 0) is 47.4 Å². The van der Waals surface area contributed by atoms with Gasteiger partial charge in [-0.15, -0.1) is 0 Å². The van der Waals surface area contributed by atoms with Gasteiger partial charge in [0.05, 0.1) is 11.8 Å². The van der Waals surface area contributed by atoms with E-state index in [1.165, 1.54) is 6.07 Å². The lowest BCUT2D eigenvalue weighted by molar-refractivity contribution is 0.0964. The number of carbonyl (C=O) groups excluding carboxylic acids is 2. The predicted molar refractivity (Wildman–Crippen MR) is 148 cm³/mol. The van der Waals surface area contributed by atoms with Crippen LogP contribution in [0, 0.1) is 5.82 Å². The van der Waals surface area contributed by atoms with E-state index in [-0.39, 0.29) is 24.1 Å². The standard InChI is InChI=1S/C31H30FN5O3/c32-26-13-19(24-7-2-1-4-21(24)16-36-11-10-23(38)17-36)8-9-25(26)27-14-29(39)30-28(15-34-27)35-18-37(30)22-6-3-5-20(12-22)31(33)40/h1-9,12-13,18,23,27,34,38H,10-11,14-17H2,(H2,33,40)/t23-,27?/m0/s1. The van der Waals surface area contributed by atoms with E-state index in [9.17, 15) is 14.7 Å². The number of nitrogens with zero attached hydrogens (tertiary/aromatic N) is 3. The SMILES string of the molecule is NC(=O)c1cccc(-n2cnc3c2C(=O)CC(c2ccc(-c4ccccc4CN4CC[C@H](O)C4)cc2F)NC3)c1. The molecule has 2 atom stereocenters. The Morgan fingerprint density at radius 2 is 1.98 bits per heavy atom. The zero-order valence-corrected chi connectivity index (χ0v) is 21.9. The number of hydrogen-bond donors (Lipinski definition) is 3. The molecule has 0 aliphatic carbocycles. The molecule has 0 radical (unpaired) electrons. The molecule has 4 aromatic rings. The van der Waals surface area contributed by atoms with E-state index in [4.69, 9.17) is 5.73 Å². The van der Waals surface area contributed by atoms with Crippen molar-refractivity contribution < 1.29 is 19.1 Å². The molecule has 1 amide bonds. The minimum atomic E-state index is -0.558. The fourth-order valence-electron chi connectivity index (χ4n) is 5.72. The van der Waals surface area contributed by atoms with Crippen molar-refractivity contribution in [3.8, 4) is 16.8 Å². The second-order valence-electron chi connectivity index (χ2n) is 10.5. The summed E-state index contributed by atoms with van der Waals surface area (Å²) in [6.45, 7) is 2.45. The van der Waals surface area contributed by atoms with Gasteiger partial charge in [-0.2, -0.15) is 0 Å². The van der Waals surface area contributed by atoms with Crippen LogP contribution >= 0.6 is 0 Å². The third kappa shape index (κ3) is 5.06. The number of Topliss-reactive ketones (excluding diaryl/α,β-unsaturated/α-hetero) is 1. The van der Waals surface area contributed by atoms with Gasteiger partial charge >= 0.3 is 0 Å². The van der Waals surface area contributed by atoms with Gasteiger partial charge in [0.15, 0.2) is 5.78 Å². The van der Waals surface area contributed by atoms with Gasteiger partial charge in [-0.25, -0.2) is 9.37 Å². The number of amides is 1. The van der Waals surface area contributed by atoms with Crippen LogP contribution in [0.25, 0.3) is 16.8 Å². The first kappa shape index (κ1) is 26.1. The lowest BCUT2D eigenvalue weighted by atomic mass is 9.95. The lowest BCUT2D eigenvalue weighted by Crippen LogP contribution is -2.22. The third-order valence-corrected chi connectivity index (χ3v) is 7.77. The van der Waals surface area contributed by atoms with E-state index in [1.807, 2.05) is 30.3 Å². The van der Waals surface area contributed by atoms with Crippen molar-refractivity contribution in [1.82, 2.24) is 19.8 Å². The Kier molecular flexibility index (Phi) is 7.02. The number of hydrogen-bond acceptors (Lipinski definition) is 6. The topological polar surface area (TPSA) is 113 Å². The average molecular weight is 540 g/mol. The zero-order valence-electron chi connectivity index (χ0n) is 21.9. The highest BCUT2D eigenvalue weighted by Crippen LogP contribution is 2.32. The number of halogens is 1. The molecule has 6 rings (SSSR count). The number of primary amides is 1. The van der Waals surface area contributed by atoms with Crippen LogP contribution in [0.2, 0.25) is 0 Å². The van der Waals surface area contributed by atoms with Crippen LogP contribution in [0.5, 0.6) is 0 Å². The summed E-state index contributed by atoms with van der Waals surface area (Å²) in [6.07, 6.45) is 2.07. The molecule has 1 saturated heterocycles. The fraction of sp³-hybridized carbons (Fsp3) is 0.258. The summed E-state index contributed by atoms with van der Waals surface area (Å²) in [7, 11) is 0. The molecule has 4 N–H and O–H groups in total. The number of aliphatic hydroxyl groups is 1. The minimum absolute atomic E-state index is 0.0539. The Bertz CT molecular complexity index is 1600. The largest absolute Gasteiger partial charge is 0.392 e. The molecule has 1 aromatic heterocycles. The Morgan fingerprint density at radius 3 is 2.75 bits per heavy atom. The highest BCUT2D eigenvalue weighted by Gasteiger charge is 2.29. The molecule has 2 aliphatic rings. The summed E-state index contributed by atoms with van der Waals surface area (Å²) < 4.78 is 17.3. The number of benzene rings is 3. The molecule has 0 spiro atoms. The van der Waals surface area contributed by atoms with E-state index in [2.05, 4.69) is 15.2 Å². The number of nitrogens with two attached hydrogens (primary N) is 1. The van der Waals surface area contributed by atoms with Crippen LogP contribution < -0.4 is 11.1 Å². The fourth-order valence-corrected chi connectivity index (χ4v) is 5.72. The van der Waals surface area contributed by atoms with Gasteiger partial charge < -0.3 is 16.2 Å². The first-order chi connectivity index (χ1) is 19.4. The van der Waals surface area contributed by atoms with E-state index < -0.39 is 11.9 Å². The van der Waals surface area contributed by atoms with Crippen molar-refractivity contribution in [2.24, 2.45) is 5.73 Å². The second kappa shape index (κ2) is 10.8. The molecular formula is C31H30FN5O3. The Hall–Kier alpha value is -4.18. The average Bonchev–Trinajstić information content (AvgIpc) is 3.53. The number of aliphatic hydroxyl groups excluding tert-OH is 1. The summed E-state index contributed by atoms with van der Waals surface area (Å²) in [5.74, 6) is -1.11. The van der Waals surface area contributed by atoms with Gasteiger partial charge in [-0.1, -0.05) is 42.5 Å². The second-order valence-corrected chi connectivity index (χ2v) is 10.5. The van der Waals surface area contributed by atoms with Crippen LogP contribution in [-0.4, -0.2) is 50.4 Å². The first-order valence-electron chi connectivity index (χ1n) is 13.4. The maximum atomic E-state index is 15.6. The number of aromatic nitrogens is 2. The molecule has 2 aliphatic heterocycles. The van der Waals surface area contributed by atoms with Crippen LogP contribution in [0.4, 0.5) is 4.39 Å². The molecule has 1 unspecified atom stereocenters. The maximum Gasteiger partial charge on any atom is 0.248 e. The number of carbonyl (C=O) groups is 2. The number of likely N-dealkylation sites (tertiary alicyclic amines) is 1. The number of imidazole rings is 1. The summed E-state index contributed by atoms with van der Waals surface area (Å²) in [5.41, 5.74) is 10.6. The summed E-state index contributed by atoms with van der Waals surface area (Å²) in [4.78, 5) is 31.8. The van der Waals surface area contributed by atoms with Gasteiger partial charge in [0.1, 0.15) is 17.8 Å². The first-order valence-corrected chi connectivity index (χ1v) is 13.4. The van der Waals surface area contributed by atoms with Crippen molar-refractivity contribution in [2.45, 2.75) is 38.1 Å².